The molecule has 0 aromatic carbocycles. The average Bonchev–Trinajstić information content (AvgIpc) is 1.68. The van der Waals surface area contributed by atoms with Gasteiger partial charge in [-0.2, -0.15) is 0 Å². The van der Waals surface area contributed by atoms with E-state index in [-0.39, 0.29) is 17.4 Å². The van der Waals surface area contributed by atoms with Gasteiger partial charge >= 0.3 is 0 Å². The zero-order valence-electron chi connectivity index (χ0n) is 5.70. The zero-order valence-corrected chi connectivity index (χ0v) is 5.70. The van der Waals surface area contributed by atoms with Gasteiger partial charge < -0.3 is 0 Å². The van der Waals surface area contributed by atoms with Crippen LogP contribution in [0.15, 0.2) is 0 Å². The molecule has 0 radical (unpaired) electrons. The lowest BCUT2D eigenvalue weighted by Crippen LogP contribution is -1.88. The second-order valence-corrected chi connectivity index (χ2v) is 2.30. The summed E-state index contributed by atoms with van der Waals surface area (Å²) in [5.74, 6) is 0.949. The maximum Gasteiger partial charge on any atom is 0.187 e. The van der Waals surface area contributed by atoms with Gasteiger partial charge in [0.25, 0.3) is 0 Å². The van der Waals surface area contributed by atoms with Crippen LogP contribution in [0.5, 0.6) is 0 Å². The molecule has 0 aromatic rings. The van der Waals surface area contributed by atoms with Crippen LogP contribution >= 0.6 is 0 Å². The van der Waals surface area contributed by atoms with Gasteiger partial charge in [0, 0.05) is 0 Å². The molecule has 1 unspecified atom stereocenters. The van der Waals surface area contributed by atoms with Crippen molar-refractivity contribution in [3.05, 3.63) is 0 Å². The van der Waals surface area contributed by atoms with Gasteiger partial charge in [-0.3, -0.25) is 0 Å². The molecule has 0 fully saturated rings. The summed E-state index contributed by atoms with van der Waals surface area (Å²) in [4.78, 5) is 0. The van der Waals surface area contributed by atoms with E-state index in [9.17, 15) is 0 Å². The zero-order chi connectivity index (χ0) is 5.70. The van der Waals surface area contributed by atoms with Gasteiger partial charge in [0.05, 0.1) is 0 Å². The van der Waals surface area contributed by atoms with Crippen molar-refractivity contribution in [2.75, 3.05) is 0 Å². The molecule has 0 aliphatic carbocycles. The van der Waals surface area contributed by atoms with Crippen LogP contribution in [0.2, 0.25) is 0 Å². The van der Waals surface area contributed by atoms with E-state index in [0.717, 1.165) is 5.92 Å². The fraction of sp³-hybridized carbons (Fsp3) is 1.00. The molecule has 0 saturated carbocycles. The van der Waals surface area contributed by atoms with Gasteiger partial charge in [-0.25, -0.2) is 0 Å². The van der Waals surface area contributed by atoms with Gasteiger partial charge in [0.15, 0.2) is 17.4 Å². The standard InChI is InChI=1S/C7H16.Al.3H/c1-4-6-7(3)5-2;;;;/h7H,4-6H2,1-3H3;;;;. The summed E-state index contributed by atoms with van der Waals surface area (Å²) in [6.45, 7) is 6.80. The van der Waals surface area contributed by atoms with E-state index in [1.54, 1.807) is 0 Å². The molecule has 1 atom stereocenters. The largest absolute Gasteiger partial charge is 0.187 e. The van der Waals surface area contributed by atoms with Gasteiger partial charge in [-0.15, -0.1) is 0 Å². The normalized spacial score (nSPS) is 12.4. The summed E-state index contributed by atoms with van der Waals surface area (Å²) < 4.78 is 0. The lowest BCUT2D eigenvalue weighted by Gasteiger charge is -2.02. The summed E-state index contributed by atoms with van der Waals surface area (Å²) in [5, 5.41) is 0. The summed E-state index contributed by atoms with van der Waals surface area (Å²) in [6.07, 6.45) is 4.08. The molecule has 0 aliphatic heterocycles. The Morgan fingerprint density at radius 1 is 1.25 bits per heavy atom. The summed E-state index contributed by atoms with van der Waals surface area (Å²) in [5.41, 5.74) is 0. The van der Waals surface area contributed by atoms with Crippen molar-refractivity contribution >= 4 is 17.4 Å². The number of hydrogen-bond donors (Lipinski definition) is 0. The third-order valence-corrected chi connectivity index (χ3v) is 1.48. The Bertz CT molecular complexity index is 35.4. The summed E-state index contributed by atoms with van der Waals surface area (Å²) in [6, 6.07) is 0. The second kappa shape index (κ2) is 7.53. The Hall–Kier alpha value is 0.532. The van der Waals surface area contributed by atoms with Crippen molar-refractivity contribution in [3.63, 3.8) is 0 Å². The van der Waals surface area contributed by atoms with Crippen LogP contribution in [-0.2, 0) is 0 Å². The molecule has 0 N–H and O–H groups in total. The molecule has 0 saturated heterocycles. The van der Waals surface area contributed by atoms with Crippen molar-refractivity contribution in [1.82, 2.24) is 0 Å². The van der Waals surface area contributed by atoms with Crippen molar-refractivity contribution in [1.29, 1.82) is 0 Å². The SMILES string of the molecule is CCCC(C)CC.[AlH3]. The number of hydrogen-bond acceptors (Lipinski definition) is 0. The lowest BCUT2D eigenvalue weighted by atomic mass is 10.0. The fourth-order valence-electron chi connectivity index (χ4n) is 0.697. The Balaban J connectivity index is 0. The highest BCUT2D eigenvalue weighted by Gasteiger charge is 1.92. The maximum absolute atomic E-state index is 2.31. The van der Waals surface area contributed by atoms with E-state index in [0.29, 0.717) is 0 Å². The van der Waals surface area contributed by atoms with Crippen LogP contribution in [0.3, 0.4) is 0 Å². The molecule has 1 heteroatoms. The Labute approximate surface area is 63.8 Å². The highest BCUT2D eigenvalue weighted by molar-refractivity contribution is 5.75. The predicted molar refractivity (Wildman–Crippen MR) is 44.3 cm³/mol. The lowest BCUT2D eigenvalue weighted by molar-refractivity contribution is 0.509. The first-order valence-corrected chi connectivity index (χ1v) is 3.31. The monoisotopic (exact) mass is 130 g/mol. The Morgan fingerprint density at radius 3 is 1.88 bits per heavy atom. The van der Waals surface area contributed by atoms with Crippen molar-refractivity contribution < 1.29 is 0 Å². The quantitative estimate of drug-likeness (QED) is 0.509. The Morgan fingerprint density at radius 2 is 1.75 bits per heavy atom. The van der Waals surface area contributed by atoms with Gasteiger partial charge in [-0.05, 0) is 5.92 Å². The summed E-state index contributed by atoms with van der Waals surface area (Å²) in [7, 11) is 0. The molecule has 0 heterocycles. The van der Waals surface area contributed by atoms with E-state index in [2.05, 4.69) is 20.8 Å². The molecular formula is C7H19Al. The first-order chi connectivity index (χ1) is 3.31. The topological polar surface area (TPSA) is 0 Å². The Kier molecular flexibility index (Phi) is 10.7. The van der Waals surface area contributed by atoms with E-state index in [1.807, 2.05) is 0 Å². The molecule has 50 valence electrons. The first kappa shape index (κ1) is 11.3. The fourth-order valence-corrected chi connectivity index (χ4v) is 0.697. The smallest absolute Gasteiger partial charge is 0.0654 e. The first-order valence-electron chi connectivity index (χ1n) is 3.31. The van der Waals surface area contributed by atoms with Gasteiger partial charge in [0.1, 0.15) is 0 Å². The minimum absolute atomic E-state index is 0. The van der Waals surface area contributed by atoms with Crippen molar-refractivity contribution in [2.45, 2.75) is 40.0 Å². The molecule has 0 amide bonds. The van der Waals surface area contributed by atoms with Crippen LogP contribution < -0.4 is 0 Å². The van der Waals surface area contributed by atoms with Gasteiger partial charge in [-0.1, -0.05) is 40.0 Å². The van der Waals surface area contributed by atoms with Crippen molar-refractivity contribution in [3.8, 4) is 0 Å². The van der Waals surface area contributed by atoms with Crippen LogP contribution in [0.1, 0.15) is 40.0 Å². The number of rotatable bonds is 3. The van der Waals surface area contributed by atoms with Crippen molar-refractivity contribution in [2.24, 2.45) is 5.92 Å². The average molecular weight is 130 g/mol. The molecule has 8 heavy (non-hydrogen) atoms. The van der Waals surface area contributed by atoms with Gasteiger partial charge in [0.2, 0.25) is 0 Å². The highest BCUT2D eigenvalue weighted by Crippen LogP contribution is 2.07. The summed E-state index contributed by atoms with van der Waals surface area (Å²) >= 11 is 0. The second-order valence-electron chi connectivity index (χ2n) is 2.30. The van der Waals surface area contributed by atoms with Crippen LogP contribution in [-0.4, -0.2) is 17.4 Å². The predicted octanol–water partition coefficient (Wildman–Crippen LogP) is 1.65. The van der Waals surface area contributed by atoms with E-state index < -0.39 is 0 Å². The van der Waals surface area contributed by atoms with Crippen LogP contribution in [0, 0.1) is 5.92 Å². The van der Waals surface area contributed by atoms with E-state index in [4.69, 9.17) is 0 Å². The molecule has 0 spiro atoms. The third-order valence-electron chi connectivity index (χ3n) is 1.48. The molecule has 0 aromatic heterocycles. The highest BCUT2D eigenvalue weighted by atomic mass is 27.0. The molecule has 0 bridgehead atoms. The maximum atomic E-state index is 2.31. The van der Waals surface area contributed by atoms with Crippen LogP contribution in [0.4, 0.5) is 0 Å². The molecule has 0 rings (SSSR count). The third kappa shape index (κ3) is 6.53. The minimum atomic E-state index is 0. The molecule has 0 nitrogen and oxygen atoms in total. The van der Waals surface area contributed by atoms with E-state index >= 15 is 0 Å². The minimum Gasteiger partial charge on any atom is -0.0654 e. The molecule has 0 aliphatic rings. The van der Waals surface area contributed by atoms with Crippen LogP contribution in [0.25, 0.3) is 0 Å². The van der Waals surface area contributed by atoms with E-state index in [1.165, 1.54) is 19.3 Å². The molecular weight excluding hydrogens is 111 g/mol.